The van der Waals surface area contributed by atoms with E-state index in [4.69, 9.17) is 0 Å². The molecular weight excluding hydrogens is 156 g/mol. The standard InChI is InChI=1S/C4H4F4O2/c5-3(6)1-2-9-4(7,8)10-3/h1-2H2. The summed E-state index contributed by atoms with van der Waals surface area (Å²) in [5, 5.41) is 0. The number of rotatable bonds is 0. The lowest BCUT2D eigenvalue weighted by atomic mass is 10.4. The summed E-state index contributed by atoms with van der Waals surface area (Å²) < 4.78 is 53.9. The predicted molar refractivity (Wildman–Crippen MR) is 21.5 cm³/mol. The van der Waals surface area contributed by atoms with Crippen molar-refractivity contribution in [2.24, 2.45) is 0 Å². The van der Waals surface area contributed by atoms with Crippen molar-refractivity contribution in [1.82, 2.24) is 0 Å². The van der Waals surface area contributed by atoms with Crippen LogP contribution < -0.4 is 0 Å². The maximum Gasteiger partial charge on any atom is 0.490 e. The van der Waals surface area contributed by atoms with E-state index in [-0.39, 0.29) is 0 Å². The van der Waals surface area contributed by atoms with Crippen LogP contribution in [0.4, 0.5) is 17.6 Å². The van der Waals surface area contributed by atoms with E-state index < -0.39 is 25.4 Å². The van der Waals surface area contributed by atoms with Gasteiger partial charge in [0.25, 0.3) is 0 Å². The number of hydrogen-bond donors (Lipinski definition) is 0. The lowest BCUT2D eigenvalue weighted by Crippen LogP contribution is -2.41. The number of halogens is 4. The highest BCUT2D eigenvalue weighted by molar-refractivity contribution is 4.58. The molecule has 6 heteroatoms. The Morgan fingerprint density at radius 1 is 1.10 bits per heavy atom. The van der Waals surface area contributed by atoms with Crippen molar-refractivity contribution in [2.75, 3.05) is 6.61 Å². The molecule has 0 N–H and O–H groups in total. The molecule has 0 saturated carbocycles. The fourth-order valence-electron chi connectivity index (χ4n) is 0.543. The minimum absolute atomic E-state index is 0.694. The molecule has 1 aliphatic heterocycles. The van der Waals surface area contributed by atoms with Crippen molar-refractivity contribution in [3.63, 3.8) is 0 Å². The summed E-state index contributed by atoms with van der Waals surface area (Å²) in [6.45, 7) is -0.694. The van der Waals surface area contributed by atoms with Gasteiger partial charge >= 0.3 is 12.4 Å². The van der Waals surface area contributed by atoms with Crippen molar-refractivity contribution in [2.45, 2.75) is 18.8 Å². The van der Waals surface area contributed by atoms with Gasteiger partial charge in [0.1, 0.15) is 0 Å². The van der Waals surface area contributed by atoms with Gasteiger partial charge in [0.2, 0.25) is 0 Å². The minimum Gasteiger partial charge on any atom is -0.295 e. The van der Waals surface area contributed by atoms with Gasteiger partial charge in [-0.1, -0.05) is 0 Å². The van der Waals surface area contributed by atoms with Crippen molar-refractivity contribution < 1.29 is 27.0 Å². The molecule has 1 saturated heterocycles. The smallest absolute Gasteiger partial charge is 0.295 e. The Morgan fingerprint density at radius 3 is 2.00 bits per heavy atom. The molecule has 1 fully saturated rings. The average Bonchev–Trinajstić information content (AvgIpc) is 1.56. The van der Waals surface area contributed by atoms with Crippen LogP contribution in [0.5, 0.6) is 0 Å². The second kappa shape index (κ2) is 2.06. The molecule has 1 aliphatic rings. The van der Waals surface area contributed by atoms with Crippen molar-refractivity contribution >= 4 is 0 Å². The maximum absolute atomic E-state index is 11.9. The lowest BCUT2D eigenvalue weighted by Gasteiger charge is -2.27. The molecular formula is C4H4F4O2. The highest BCUT2D eigenvalue weighted by Gasteiger charge is 2.49. The number of alkyl halides is 4. The summed E-state index contributed by atoms with van der Waals surface area (Å²) in [6.07, 6.45) is -8.73. The first-order valence-electron chi connectivity index (χ1n) is 2.51. The molecule has 0 aromatic heterocycles. The molecule has 1 rings (SSSR count). The predicted octanol–water partition coefficient (Wildman–Crippen LogP) is 1.57. The zero-order valence-corrected chi connectivity index (χ0v) is 4.74. The van der Waals surface area contributed by atoms with Crippen molar-refractivity contribution in [3.05, 3.63) is 0 Å². The van der Waals surface area contributed by atoms with Crippen LogP contribution in [0.15, 0.2) is 0 Å². The highest BCUT2D eigenvalue weighted by atomic mass is 19.3. The molecule has 2 nitrogen and oxygen atoms in total. The Balaban J connectivity index is 2.56. The van der Waals surface area contributed by atoms with Gasteiger partial charge in [-0.3, -0.25) is 4.74 Å². The van der Waals surface area contributed by atoms with E-state index in [0.717, 1.165) is 0 Å². The monoisotopic (exact) mass is 160 g/mol. The Hall–Kier alpha value is -0.360. The number of hydrogen-bond acceptors (Lipinski definition) is 2. The van der Waals surface area contributed by atoms with Crippen LogP contribution in [0.2, 0.25) is 0 Å². The van der Waals surface area contributed by atoms with Gasteiger partial charge in [0.15, 0.2) is 0 Å². The summed E-state index contributed by atoms with van der Waals surface area (Å²) in [4.78, 5) is 0. The third kappa shape index (κ3) is 1.81. The Labute approximate surface area is 53.7 Å². The maximum atomic E-state index is 11.9. The van der Waals surface area contributed by atoms with Gasteiger partial charge < -0.3 is 0 Å². The SMILES string of the molecule is FC1(F)CCOC(F)(F)O1. The molecule has 0 aromatic carbocycles. The second-order valence-corrected chi connectivity index (χ2v) is 1.80. The van der Waals surface area contributed by atoms with Gasteiger partial charge in [0, 0.05) is 0 Å². The van der Waals surface area contributed by atoms with Gasteiger partial charge in [-0.15, -0.1) is 8.78 Å². The summed E-state index contributed by atoms with van der Waals surface area (Å²) in [7, 11) is 0. The first-order valence-corrected chi connectivity index (χ1v) is 2.51. The third-order valence-corrected chi connectivity index (χ3v) is 0.931. The van der Waals surface area contributed by atoms with Gasteiger partial charge in [-0.05, 0) is 0 Å². The Kier molecular flexibility index (Phi) is 1.60. The van der Waals surface area contributed by atoms with E-state index >= 15 is 0 Å². The van der Waals surface area contributed by atoms with Crippen LogP contribution in [0.1, 0.15) is 6.42 Å². The molecule has 60 valence electrons. The van der Waals surface area contributed by atoms with Crippen LogP contribution in [-0.4, -0.2) is 19.0 Å². The fraction of sp³-hybridized carbons (Fsp3) is 1.00. The molecule has 1 heterocycles. The fourth-order valence-corrected chi connectivity index (χ4v) is 0.543. The minimum atomic E-state index is -4.14. The normalized spacial score (nSPS) is 30.0. The quantitative estimate of drug-likeness (QED) is 0.500. The largest absolute Gasteiger partial charge is 0.490 e. The van der Waals surface area contributed by atoms with E-state index in [9.17, 15) is 17.6 Å². The van der Waals surface area contributed by atoms with Crippen LogP contribution in [0, 0.1) is 0 Å². The summed E-state index contributed by atoms with van der Waals surface area (Å²) in [5.41, 5.74) is 0. The molecule has 0 amide bonds. The highest BCUT2D eigenvalue weighted by Crippen LogP contribution is 2.34. The van der Waals surface area contributed by atoms with Crippen molar-refractivity contribution in [1.29, 1.82) is 0 Å². The Morgan fingerprint density at radius 2 is 1.70 bits per heavy atom. The van der Waals surface area contributed by atoms with Crippen LogP contribution in [0.25, 0.3) is 0 Å². The molecule has 0 aliphatic carbocycles. The summed E-state index contributed by atoms with van der Waals surface area (Å²) >= 11 is 0. The van der Waals surface area contributed by atoms with E-state index in [1.165, 1.54) is 0 Å². The third-order valence-electron chi connectivity index (χ3n) is 0.931. The molecule has 10 heavy (non-hydrogen) atoms. The van der Waals surface area contributed by atoms with E-state index in [1.54, 1.807) is 0 Å². The van der Waals surface area contributed by atoms with Gasteiger partial charge in [0.05, 0.1) is 13.0 Å². The van der Waals surface area contributed by atoms with Crippen LogP contribution in [-0.2, 0) is 9.47 Å². The van der Waals surface area contributed by atoms with Gasteiger partial charge in [-0.2, -0.15) is 8.78 Å². The molecule has 0 unspecified atom stereocenters. The van der Waals surface area contributed by atoms with E-state index in [1.807, 2.05) is 0 Å². The zero-order valence-electron chi connectivity index (χ0n) is 4.74. The zero-order chi connectivity index (χ0) is 7.83. The summed E-state index contributed by atoms with van der Waals surface area (Å²) in [6, 6.07) is 0. The molecule has 0 atom stereocenters. The topological polar surface area (TPSA) is 18.5 Å². The number of ether oxygens (including phenoxy) is 2. The lowest BCUT2D eigenvalue weighted by molar-refractivity contribution is -0.495. The Bertz CT molecular complexity index is 121. The van der Waals surface area contributed by atoms with E-state index in [2.05, 4.69) is 9.47 Å². The van der Waals surface area contributed by atoms with Gasteiger partial charge in [-0.25, -0.2) is 4.74 Å². The second-order valence-electron chi connectivity index (χ2n) is 1.80. The average molecular weight is 160 g/mol. The molecule has 0 aromatic rings. The summed E-state index contributed by atoms with van der Waals surface area (Å²) in [5.74, 6) is 0. The van der Waals surface area contributed by atoms with E-state index in [0.29, 0.717) is 0 Å². The van der Waals surface area contributed by atoms with Crippen LogP contribution in [0.3, 0.4) is 0 Å². The molecule has 0 radical (unpaired) electrons. The molecule has 0 spiro atoms. The van der Waals surface area contributed by atoms with Crippen LogP contribution >= 0.6 is 0 Å². The first kappa shape index (κ1) is 7.74. The molecule has 0 bridgehead atoms. The van der Waals surface area contributed by atoms with Crippen molar-refractivity contribution in [3.8, 4) is 0 Å². The first-order chi connectivity index (χ1) is 4.41.